The molecule has 0 unspecified atom stereocenters. The fourth-order valence-electron chi connectivity index (χ4n) is 2.59. The van der Waals surface area contributed by atoms with Crippen LogP contribution in [0.4, 0.5) is 11.4 Å². The molecule has 3 rings (SSSR count). The van der Waals surface area contributed by atoms with Crippen molar-refractivity contribution in [3.8, 4) is 0 Å². The normalized spacial score (nSPS) is 14.0. The molecule has 1 aliphatic heterocycles. The SMILES string of the molecule is Cl.Cl.Cn1cc(N2CCN(C(=O)c3cccc(N)c3)CC2)cn1. The van der Waals surface area contributed by atoms with Crippen molar-refractivity contribution in [2.75, 3.05) is 36.8 Å². The van der Waals surface area contributed by atoms with E-state index in [4.69, 9.17) is 5.73 Å². The van der Waals surface area contributed by atoms with E-state index in [1.807, 2.05) is 36.5 Å². The highest BCUT2D eigenvalue weighted by Crippen LogP contribution is 2.17. The number of amides is 1. The highest BCUT2D eigenvalue weighted by atomic mass is 35.5. The Hall–Kier alpha value is -1.92. The summed E-state index contributed by atoms with van der Waals surface area (Å²) in [7, 11) is 1.91. The average Bonchev–Trinajstić information content (AvgIpc) is 2.93. The molecule has 6 nitrogen and oxygen atoms in total. The Balaban J connectivity index is 0.00000132. The first-order valence-electron chi connectivity index (χ1n) is 7.02. The predicted octanol–water partition coefficient (Wildman–Crippen LogP) is 1.81. The second kappa shape index (κ2) is 8.08. The Morgan fingerprint density at radius 1 is 1.17 bits per heavy atom. The maximum atomic E-state index is 12.4. The van der Waals surface area contributed by atoms with Gasteiger partial charge in [0.1, 0.15) is 0 Å². The highest BCUT2D eigenvalue weighted by Gasteiger charge is 2.22. The predicted molar refractivity (Wildman–Crippen MR) is 96.7 cm³/mol. The lowest BCUT2D eigenvalue weighted by Crippen LogP contribution is -2.48. The number of nitrogens with two attached hydrogens (primary N) is 1. The van der Waals surface area contributed by atoms with E-state index in [9.17, 15) is 4.79 Å². The lowest BCUT2D eigenvalue weighted by molar-refractivity contribution is 0.0747. The minimum atomic E-state index is 0. The van der Waals surface area contributed by atoms with Crippen molar-refractivity contribution in [2.45, 2.75) is 0 Å². The fourth-order valence-corrected chi connectivity index (χ4v) is 2.59. The average molecular weight is 358 g/mol. The molecule has 0 atom stereocenters. The van der Waals surface area contributed by atoms with Gasteiger partial charge in [-0.2, -0.15) is 5.10 Å². The first-order valence-corrected chi connectivity index (χ1v) is 7.02. The van der Waals surface area contributed by atoms with Crippen molar-refractivity contribution in [1.82, 2.24) is 14.7 Å². The zero-order valence-corrected chi connectivity index (χ0v) is 14.5. The van der Waals surface area contributed by atoms with Crippen LogP contribution in [0.2, 0.25) is 0 Å². The molecule has 0 radical (unpaired) electrons. The zero-order chi connectivity index (χ0) is 14.8. The van der Waals surface area contributed by atoms with E-state index in [0.717, 1.165) is 18.8 Å². The van der Waals surface area contributed by atoms with Crippen molar-refractivity contribution in [1.29, 1.82) is 0 Å². The summed E-state index contributed by atoms with van der Waals surface area (Å²) in [6.07, 6.45) is 3.85. The number of benzene rings is 1. The Labute approximate surface area is 148 Å². The molecule has 0 spiro atoms. The largest absolute Gasteiger partial charge is 0.399 e. The van der Waals surface area contributed by atoms with Gasteiger partial charge in [-0.05, 0) is 18.2 Å². The molecule has 1 saturated heterocycles. The van der Waals surface area contributed by atoms with Crippen LogP contribution in [0.3, 0.4) is 0 Å². The van der Waals surface area contributed by atoms with Crippen LogP contribution in [0.15, 0.2) is 36.7 Å². The number of rotatable bonds is 2. The summed E-state index contributed by atoms with van der Waals surface area (Å²) in [6.45, 7) is 3.06. The van der Waals surface area contributed by atoms with E-state index >= 15 is 0 Å². The summed E-state index contributed by atoms with van der Waals surface area (Å²) in [6, 6.07) is 7.15. The van der Waals surface area contributed by atoms with E-state index in [2.05, 4.69) is 10.00 Å². The van der Waals surface area contributed by atoms with Gasteiger partial charge in [0.15, 0.2) is 0 Å². The number of aromatic nitrogens is 2. The van der Waals surface area contributed by atoms with E-state index in [-0.39, 0.29) is 30.7 Å². The van der Waals surface area contributed by atoms with E-state index in [1.54, 1.807) is 16.8 Å². The monoisotopic (exact) mass is 357 g/mol. The Bertz CT molecular complexity index is 653. The van der Waals surface area contributed by atoms with Gasteiger partial charge in [0.05, 0.1) is 11.9 Å². The number of anilines is 2. The number of halogens is 2. The number of piperazine rings is 1. The summed E-state index contributed by atoms with van der Waals surface area (Å²) >= 11 is 0. The van der Waals surface area contributed by atoms with E-state index in [1.165, 1.54) is 0 Å². The summed E-state index contributed by atoms with van der Waals surface area (Å²) in [5, 5.41) is 4.18. The molecule has 1 amide bonds. The number of hydrogen-bond donors (Lipinski definition) is 1. The fraction of sp³-hybridized carbons (Fsp3) is 0.333. The highest BCUT2D eigenvalue weighted by molar-refractivity contribution is 5.95. The van der Waals surface area contributed by atoms with Crippen molar-refractivity contribution in [3.05, 3.63) is 42.2 Å². The van der Waals surface area contributed by atoms with Crippen molar-refractivity contribution < 1.29 is 4.79 Å². The summed E-state index contributed by atoms with van der Waals surface area (Å²) in [5.41, 5.74) is 8.12. The Morgan fingerprint density at radius 2 is 1.87 bits per heavy atom. The minimum absolute atomic E-state index is 0. The van der Waals surface area contributed by atoms with Gasteiger partial charge in [-0.3, -0.25) is 9.48 Å². The molecule has 1 aromatic heterocycles. The standard InChI is InChI=1S/C15H19N5O.2ClH/c1-18-11-14(10-17-18)19-5-7-20(8-6-19)15(21)12-3-2-4-13(16)9-12;;/h2-4,9-11H,5-8,16H2,1H3;2*1H. The van der Waals surface area contributed by atoms with Crippen molar-refractivity contribution >= 4 is 42.1 Å². The van der Waals surface area contributed by atoms with Crippen LogP contribution in [0, 0.1) is 0 Å². The molecule has 2 aromatic rings. The van der Waals surface area contributed by atoms with Crippen LogP contribution in [-0.2, 0) is 7.05 Å². The number of hydrogen-bond acceptors (Lipinski definition) is 4. The van der Waals surface area contributed by atoms with E-state index in [0.29, 0.717) is 24.3 Å². The van der Waals surface area contributed by atoms with Crippen LogP contribution in [0.25, 0.3) is 0 Å². The topological polar surface area (TPSA) is 67.4 Å². The first-order chi connectivity index (χ1) is 10.1. The van der Waals surface area contributed by atoms with Crippen LogP contribution < -0.4 is 10.6 Å². The van der Waals surface area contributed by atoms with Gasteiger partial charge < -0.3 is 15.5 Å². The van der Waals surface area contributed by atoms with Gasteiger partial charge in [-0.25, -0.2) is 0 Å². The molecule has 1 aromatic carbocycles. The maximum absolute atomic E-state index is 12.4. The molecule has 0 bridgehead atoms. The first kappa shape index (κ1) is 19.1. The Morgan fingerprint density at radius 3 is 2.43 bits per heavy atom. The quantitative estimate of drug-likeness (QED) is 0.832. The molecule has 0 aliphatic carbocycles. The molecule has 2 heterocycles. The lowest BCUT2D eigenvalue weighted by Gasteiger charge is -2.35. The van der Waals surface area contributed by atoms with E-state index < -0.39 is 0 Å². The minimum Gasteiger partial charge on any atom is -0.399 e. The number of aryl methyl sites for hydroxylation is 1. The van der Waals surface area contributed by atoms with Gasteiger partial charge in [0, 0.05) is 50.7 Å². The maximum Gasteiger partial charge on any atom is 0.254 e. The van der Waals surface area contributed by atoms with Gasteiger partial charge in [0.2, 0.25) is 0 Å². The molecule has 1 aliphatic rings. The van der Waals surface area contributed by atoms with Crippen LogP contribution in [0.1, 0.15) is 10.4 Å². The summed E-state index contributed by atoms with van der Waals surface area (Å²) in [5.74, 6) is 0.0492. The second-order valence-corrected chi connectivity index (χ2v) is 5.28. The zero-order valence-electron chi connectivity index (χ0n) is 12.9. The van der Waals surface area contributed by atoms with Gasteiger partial charge >= 0.3 is 0 Å². The molecule has 1 fully saturated rings. The third-order valence-corrected chi connectivity index (χ3v) is 3.76. The number of nitrogens with zero attached hydrogens (tertiary/aromatic N) is 4. The molecular weight excluding hydrogens is 337 g/mol. The van der Waals surface area contributed by atoms with Crippen molar-refractivity contribution in [3.63, 3.8) is 0 Å². The molecule has 126 valence electrons. The van der Waals surface area contributed by atoms with Gasteiger partial charge in [0.25, 0.3) is 5.91 Å². The summed E-state index contributed by atoms with van der Waals surface area (Å²) < 4.78 is 1.79. The second-order valence-electron chi connectivity index (χ2n) is 5.28. The molecule has 0 saturated carbocycles. The van der Waals surface area contributed by atoms with Crippen molar-refractivity contribution in [2.24, 2.45) is 7.05 Å². The molecule has 8 heteroatoms. The van der Waals surface area contributed by atoms with Gasteiger partial charge in [-0.15, -0.1) is 24.8 Å². The Kier molecular flexibility index (Phi) is 6.72. The smallest absolute Gasteiger partial charge is 0.254 e. The third-order valence-electron chi connectivity index (χ3n) is 3.76. The van der Waals surface area contributed by atoms with Crippen LogP contribution >= 0.6 is 24.8 Å². The lowest BCUT2D eigenvalue weighted by atomic mass is 10.1. The number of carbonyl (C=O) groups is 1. The van der Waals surface area contributed by atoms with Gasteiger partial charge in [-0.1, -0.05) is 6.07 Å². The molecular formula is C15H21Cl2N5O. The number of nitrogen functional groups attached to an aromatic ring is 1. The molecule has 23 heavy (non-hydrogen) atoms. The van der Waals surface area contributed by atoms with Crippen LogP contribution in [-0.4, -0.2) is 46.8 Å². The number of carbonyl (C=O) groups excluding carboxylic acids is 1. The van der Waals surface area contributed by atoms with Crippen LogP contribution in [0.5, 0.6) is 0 Å². The summed E-state index contributed by atoms with van der Waals surface area (Å²) in [4.78, 5) is 16.6. The molecule has 2 N–H and O–H groups in total. The third kappa shape index (κ3) is 4.30.